The van der Waals surface area contributed by atoms with Gasteiger partial charge in [-0.25, -0.2) is 4.98 Å². The first kappa shape index (κ1) is 9.15. The molecule has 2 aromatic rings. The molecule has 0 aliphatic heterocycles. The molecule has 2 heterocycles. The van der Waals surface area contributed by atoms with E-state index in [1.54, 1.807) is 12.4 Å². The van der Waals surface area contributed by atoms with Crippen LogP contribution in [0.4, 0.5) is 0 Å². The van der Waals surface area contributed by atoms with Gasteiger partial charge in [0, 0.05) is 25.7 Å². The Hall–Kier alpha value is -1.42. The Bertz CT molecular complexity index is 446. The molecule has 0 saturated carbocycles. The highest BCUT2D eigenvalue weighted by Gasteiger charge is 2.12. The number of hydrogen-bond acceptors (Lipinski definition) is 3. The molecule has 0 aromatic carbocycles. The summed E-state index contributed by atoms with van der Waals surface area (Å²) in [6.45, 7) is 2.69. The van der Waals surface area contributed by atoms with Gasteiger partial charge in [0.1, 0.15) is 11.3 Å². The van der Waals surface area contributed by atoms with Crippen LogP contribution in [0, 0.1) is 0 Å². The molecule has 0 saturated heterocycles. The lowest BCUT2D eigenvalue weighted by molar-refractivity contribution is 0.676. The maximum Gasteiger partial charge on any atom is 0.113 e. The van der Waals surface area contributed by atoms with Crippen LogP contribution in [0.25, 0.3) is 11.0 Å². The van der Waals surface area contributed by atoms with Gasteiger partial charge in [-0.05, 0) is 6.07 Å². The molecule has 0 spiro atoms. The number of nitrogens with two attached hydrogens (primary N) is 1. The number of imidazole rings is 1. The van der Waals surface area contributed by atoms with E-state index >= 15 is 0 Å². The lowest BCUT2D eigenvalue weighted by atomic mass is 10.2. The smallest absolute Gasteiger partial charge is 0.113 e. The molecule has 2 N–H and O–H groups in total. The molecule has 1 unspecified atom stereocenters. The number of fused-ring (bicyclic) bond motifs is 1. The molecule has 0 amide bonds. The summed E-state index contributed by atoms with van der Waals surface area (Å²) in [4.78, 5) is 8.55. The molecule has 1 atom stereocenters. The van der Waals surface area contributed by atoms with E-state index in [-0.39, 0.29) is 5.92 Å². The van der Waals surface area contributed by atoms with Crippen molar-refractivity contribution in [1.82, 2.24) is 14.5 Å². The molecule has 14 heavy (non-hydrogen) atoms. The molecular formula is C10H14N4. The van der Waals surface area contributed by atoms with Gasteiger partial charge >= 0.3 is 0 Å². The number of aromatic nitrogens is 3. The Morgan fingerprint density at radius 3 is 3.00 bits per heavy atom. The number of nitrogens with zero attached hydrogens (tertiary/aromatic N) is 3. The van der Waals surface area contributed by atoms with Crippen molar-refractivity contribution in [2.24, 2.45) is 12.8 Å². The maximum absolute atomic E-state index is 5.63. The minimum atomic E-state index is 0.285. The molecule has 4 nitrogen and oxygen atoms in total. The van der Waals surface area contributed by atoms with Crippen molar-refractivity contribution in [2.75, 3.05) is 6.54 Å². The summed E-state index contributed by atoms with van der Waals surface area (Å²) in [5.74, 6) is 1.31. The van der Waals surface area contributed by atoms with Gasteiger partial charge in [-0.3, -0.25) is 4.98 Å². The van der Waals surface area contributed by atoms with E-state index in [9.17, 15) is 0 Å². The van der Waals surface area contributed by atoms with Gasteiger partial charge in [0.25, 0.3) is 0 Å². The lowest BCUT2D eigenvalue weighted by Gasteiger charge is -2.07. The molecule has 2 rings (SSSR count). The second-order valence-electron chi connectivity index (χ2n) is 3.53. The van der Waals surface area contributed by atoms with Crippen LogP contribution in [0.1, 0.15) is 18.7 Å². The highest BCUT2D eigenvalue weighted by molar-refractivity contribution is 5.74. The summed E-state index contributed by atoms with van der Waals surface area (Å²) < 4.78 is 2.08. The molecule has 2 aromatic heterocycles. The summed E-state index contributed by atoms with van der Waals surface area (Å²) in [6, 6.07) is 1.97. The van der Waals surface area contributed by atoms with E-state index < -0.39 is 0 Å². The minimum Gasteiger partial charge on any atom is -0.331 e. The molecule has 0 fully saturated rings. The Kier molecular flexibility index (Phi) is 2.21. The van der Waals surface area contributed by atoms with Gasteiger partial charge in [-0.1, -0.05) is 6.92 Å². The second kappa shape index (κ2) is 3.38. The fourth-order valence-corrected chi connectivity index (χ4v) is 1.62. The molecule has 74 valence electrons. The Balaban J connectivity index is 2.62. The van der Waals surface area contributed by atoms with E-state index in [1.807, 2.05) is 13.1 Å². The predicted molar refractivity (Wildman–Crippen MR) is 56.0 cm³/mol. The average molecular weight is 190 g/mol. The van der Waals surface area contributed by atoms with Crippen molar-refractivity contribution in [3.05, 3.63) is 24.3 Å². The lowest BCUT2D eigenvalue weighted by Crippen LogP contribution is -2.13. The average Bonchev–Trinajstić information content (AvgIpc) is 2.56. The zero-order valence-electron chi connectivity index (χ0n) is 8.44. The van der Waals surface area contributed by atoms with Crippen molar-refractivity contribution in [1.29, 1.82) is 0 Å². The van der Waals surface area contributed by atoms with Gasteiger partial charge in [0.15, 0.2) is 0 Å². The van der Waals surface area contributed by atoms with Crippen molar-refractivity contribution in [3.8, 4) is 0 Å². The molecule has 0 aliphatic rings. The third kappa shape index (κ3) is 1.28. The van der Waals surface area contributed by atoms with Crippen LogP contribution in [0.2, 0.25) is 0 Å². The fourth-order valence-electron chi connectivity index (χ4n) is 1.62. The highest BCUT2D eigenvalue weighted by Crippen LogP contribution is 2.18. The summed E-state index contributed by atoms with van der Waals surface area (Å²) in [7, 11) is 2.01. The van der Waals surface area contributed by atoms with Gasteiger partial charge in [-0.2, -0.15) is 0 Å². The molecule has 4 heteroatoms. The third-order valence-electron chi connectivity index (χ3n) is 2.51. The van der Waals surface area contributed by atoms with Crippen LogP contribution in [-0.2, 0) is 7.05 Å². The van der Waals surface area contributed by atoms with Crippen LogP contribution >= 0.6 is 0 Å². The van der Waals surface area contributed by atoms with Crippen LogP contribution in [0.5, 0.6) is 0 Å². The molecular weight excluding hydrogens is 176 g/mol. The van der Waals surface area contributed by atoms with Gasteiger partial charge in [-0.15, -0.1) is 0 Å². The van der Waals surface area contributed by atoms with Gasteiger partial charge in [0.2, 0.25) is 0 Å². The number of aryl methyl sites for hydroxylation is 1. The largest absolute Gasteiger partial charge is 0.331 e. The van der Waals surface area contributed by atoms with Gasteiger partial charge in [0.05, 0.1) is 11.7 Å². The second-order valence-corrected chi connectivity index (χ2v) is 3.53. The van der Waals surface area contributed by atoms with Gasteiger partial charge < -0.3 is 10.3 Å². The van der Waals surface area contributed by atoms with Crippen LogP contribution in [0.15, 0.2) is 18.5 Å². The third-order valence-corrected chi connectivity index (χ3v) is 2.51. The van der Waals surface area contributed by atoms with Crippen LogP contribution in [0.3, 0.4) is 0 Å². The van der Waals surface area contributed by atoms with Crippen molar-refractivity contribution < 1.29 is 0 Å². The summed E-state index contributed by atoms with van der Waals surface area (Å²) in [5.41, 5.74) is 7.67. The first-order valence-electron chi connectivity index (χ1n) is 4.70. The highest BCUT2D eigenvalue weighted by atomic mass is 15.1. The summed E-state index contributed by atoms with van der Waals surface area (Å²) in [6.07, 6.45) is 3.56. The van der Waals surface area contributed by atoms with Crippen molar-refractivity contribution in [3.63, 3.8) is 0 Å². The summed E-state index contributed by atoms with van der Waals surface area (Å²) in [5, 5.41) is 0. The molecule has 0 aliphatic carbocycles. The quantitative estimate of drug-likeness (QED) is 0.769. The number of rotatable bonds is 2. The number of hydrogen-bond donors (Lipinski definition) is 1. The summed E-state index contributed by atoms with van der Waals surface area (Å²) >= 11 is 0. The molecule has 0 radical (unpaired) electrons. The van der Waals surface area contributed by atoms with Crippen molar-refractivity contribution >= 4 is 11.0 Å². The van der Waals surface area contributed by atoms with Crippen LogP contribution in [-0.4, -0.2) is 21.1 Å². The van der Waals surface area contributed by atoms with E-state index in [2.05, 4.69) is 21.5 Å². The Labute approximate surface area is 82.8 Å². The normalized spacial score (nSPS) is 13.4. The number of pyridine rings is 1. The zero-order valence-corrected chi connectivity index (χ0v) is 8.44. The van der Waals surface area contributed by atoms with E-state index in [0.717, 1.165) is 16.9 Å². The van der Waals surface area contributed by atoms with E-state index in [1.165, 1.54) is 0 Å². The Morgan fingerprint density at radius 1 is 1.57 bits per heavy atom. The molecule has 0 bridgehead atoms. The monoisotopic (exact) mass is 190 g/mol. The van der Waals surface area contributed by atoms with E-state index in [0.29, 0.717) is 6.54 Å². The van der Waals surface area contributed by atoms with E-state index in [4.69, 9.17) is 5.73 Å². The zero-order chi connectivity index (χ0) is 10.1. The van der Waals surface area contributed by atoms with Crippen molar-refractivity contribution in [2.45, 2.75) is 12.8 Å². The minimum absolute atomic E-state index is 0.285. The first-order valence-corrected chi connectivity index (χ1v) is 4.70. The SMILES string of the molecule is CC(CN)c1nc2cnccc2n1C. The topological polar surface area (TPSA) is 56.7 Å². The predicted octanol–water partition coefficient (Wildman–Crippen LogP) is 1.03. The maximum atomic E-state index is 5.63. The Morgan fingerprint density at radius 2 is 2.36 bits per heavy atom. The fraction of sp³-hybridized carbons (Fsp3) is 0.400. The standard InChI is InChI=1S/C10H14N4/c1-7(5-11)10-13-8-6-12-4-3-9(8)14(10)2/h3-4,6-7H,5,11H2,1-2H3. The van der Waals surface area contributed by atoms with Crippen LogP contribution < -0.4 is 5.73 Å². The first-order chi connectivity index (χ1) is 6.74.